The predicted octanol–water partition coefficient (Wildman–Crippen LogP) is 3.80. The second kappa shape index (κ2) is 7.49. The minimum atomic E-state index is -0.590. The molecule has 0 spiro atoms. The van der Waals surface area contributed by atoms with Gasteiger partial charge in [-0.25, -0.2) is 4.39 Å². The Morgan fingerprint density at radius 3 is 2.18 bits per heavy atom. The lowest BCUT2D eigenvalue weighted by Crippen LogP contribution is -2.58. The summed E-state index contributed by atoms with van der Waals surface area (Å²) < 4.78 is 13.8. The van der Waals surface area contributed by atoms with E-state index in [4.69, 9.17) is 0 Å². The number of benzene rings is 1. The number of hydrogen-bond donors (Lipinski definition) is 2. The summed E-state index contributed by atoms with van der Waals surface area (Å²) in [7, 11) is 0. The molecule has 4 nitrogen and oxygen atoms in total. The lowest BCUT2D eigenvalue weighted by molar-refractivity contribution is -0.149. The third kappa shape index (κ3) is 3.68. The Bertz CT molecular complexity index is 725. The van der Waals surface area contributed by atoms with E-state index in [1.165, 1.54) is 25.3 Å². The highest BCUT2D eigenvalue weighted by Crippen LogP contribution is 2.60. The highest BCUT2D eigenvalue weighted by molar-refractivity contribution is 5.90. The summed E-state index contributed by atoms with van der Waals surface area (Å²) in [5, 5.41) is 5.89. The fourth-order valence-electron chi connectivity index (χ4n) is 6.15. The van der Waals surface area contributed by atoms with E-state index in [-0.39, 0.29) is 35.5 Å². The van der Waals surface area contributed by atoms with Crippen molar-refractivity contribution >= 4 is 11.8 Å². The van der Waals surface area contributed by atoms with Crippen LogP contribution >= 0.6 is 0 Å². The van der Waals surface area contributed by atoms with Crippen LogP contribution in [0.2, 0.25) is 0 Å². The summed E-state index contributed by atoms with van der Waals surface area (Å²) in [6, 6.07) is 5.83. The Labute approximate surface area is 166 Å². The number of amides is 2. The molecular formula is C23H31FN2O2. The molecule has 152 valence electrons. The van der Waals surface area contributed by atoms with Crippen LogP contribution in [0.5, 0.6) is 0 Å². The van der Waals surface area contributed by atoms with Crippen LogP contribution in [0.25, 0.3) is 0 Å². The molecule has 0 radical (unpaired) electrons. The molecular weight excluding hydrogens is 355 g/mol. The van der Waals surface area contributed by atoms with Crippen LogP contribution in [0.1, 0.15) is 57.9 Å². The molecule has 0 aromatic heterocycles. The standard InChI is InChI=1S/C23H31FN2O2/c1-14(2)20(21(27)25-13-18-5-3-4-6-19(18)24)26-22(28)23-10-15-7-16(11-23)9-17(8-15)12-23/h3-6,14-17,20H,7-13H2,1-2H3,(H,25,27)(H,26,28). The van der Waals surface area contributed by atoms with E-state index in [2.05, 4.69) is 10.6 Å². The minimum Gasteiger partial charge on any atom is -0.350 e. The van der Waals surface area contributed by atoms with Gasteiger partial charge in [0.05, 0.1) is 0 Å². The number of carbonyl (C=O) groups is 2. The lowest BCUT2D eigenvalue weighted by Gasteiger charge is -2.55. The predicted molar refractivity (Wildman–Crippen MR) is 106 cm³/mol. The van der Waals surface area contributed by atoms with E-state index < -0.39 is 6.04 Å². The molecule has 4 fully saturated rings. The lowest BCUT2D eigenvalue weighted by atomic mass is 9.49. The second-order valence-electron chi connectivity index (χ2n) is 9.70. The van der Waals surface area contributed by atoms with Gasteiger partial charge in [0.1, 0.15) is 11.9 Å². The number of nitrogens with one attached hydrogen (secondary N) is 2. The molecule has 1 aromatic rings. The first-order valence-electron chi connectivity index (χ1n) is 10.7. The van der Waals surface area contributed by atoms with Crippen LogP contribution in [0, 0.1) is 34.9 Å². The molecule has 5 heteroatoms. The molecule has 2 amide bonds. The quantitative estimate of drug-likeness (QED) is 0.781. The average molecular weight is 387 g/mol. The smallest absolute Gasteiger partial charge is 0.243 e. The van der Waals surface area contributed by atoms with Crippen molar-refractivity contribution in [3.63, 3.8) is 0 Å². The van der Waals surface area contributed by atoms with Crippen LogP contribution in [0.4, 0.5) is 4.39 Å². The number of rotatable bonds is 6. The van der Waals surface area contributed by atoms with E-state index in [0.717, 1.165) is 19.3 Å². The monoisotopic (exact) mass is 386 g/mol. The first-order chi connectivity index (χ1) is 13.4. The van der Waals surface area contributed by atoms with Gasteiger partial charge >= 0.3 is 0 Å². The Hall–Kier alpha value is -1.91. The SMILES string of the molecule is CC(C)C(NC(=O)C12CC3CC(CC(C3)C1)C2)C(=O)NCc1ccccc1F. The van der Waals surface area contributed by atoms with Crippen molar-refractivity contribution in [3.8, 4) is 0 Å². The second-order valence-corrected chi connectivity index (χ2v) is 9.70. The van der Waals surface area contributed by atoms with Gasteiger partial charge in [-0.2, -0.15) is 0 Å². The highest BCUT2D eigenvalue weighted by Gasteiger charge is 2.55. The van der Waals surface area contributed by atoms with Gasteiger partial charge in [0, 0.05) is 17.5 Å². The molecule has 4 aliphatic rings. The summed E-state index contributed by atoms with van der Waals surface area (Å²) >= 11 is 0. The minimum absolute atomic E-state index is 0.0292. The van der Waals surface area contributed by atoms with Crippen molar-refractivity contribution in [1.29, 1.82) is 0 Å². The Morgan fingerprint density at radius 2 is 1.64 bits per heavy atom. The molecule has 1 unspecified atom stereocenters. The molecule has 4 bridgehead atoms. The number of halogens is 1. The van der Waals surface area contributed by atoms with E-state index >= 15 is 0 Å². The number of hydrogen-bond acceptors (Lipinski definition) is 2. The van der Waals surface area contributed by atoms with Crippen LogP contribution in [0.3, 0.4) is 0 Å². The van der Waals surface area contributed by atoms with Crippen LogP contribution in [0.15, 0.2) is 24.3 Å². The van der Waals surface area contributed by atoms with Crippen molar-refractivity contribution in [2.24, 2.45) is 29.1 Å². The number of carbonyl (C=O) groups excluding carboxylic acids is 2. The normalized spacial score (nSPS) is 31.6. The zero-order valence-corrected chi connectivity index (χ0v) is 16.8. The maximum atomic E-state index is 13.8. The van der Waals surface area contributed by atoms with Crippen LogP contribution < -0.4 is 10.6 Å². The summed E-state index contributed by atoms with van der Waals surface area (Å²) in [5.41, 5.74) is 0.180. The highest BCUT2D eigenvalue weighted by atomic mass is 19.1. The van der Waals surface area contributed by atoms with Crippen LogP contribution in [-0.4, -0.2) is 17.9 Å². The van der Waals surface area contributed by atoms with Gasteiger partial charge < -0.3 is 10.6 Å². The fourth-order valence-corrected chi connectivity index (χ4v) is 6.15. The molecule has 2 N–H and O–H groups in total. The topological polar surface area (TPSA) is 58.2 Å². The molecule has 0 aliphatic heterocycles. The van der Waals surface area contributed by atoms with Gasteiger partial charge in [-0.3, -0.25) is 9.59 Å². The van der Waals surface area contributed by atoms with E-state index in [9.17, 15) is 14.0 Å². The third-order valence-corrected chi connectivity index (χ3v) is 7.17. The van der Waals surface area contributed by atoms with E-state index in [1.807, 2.05) is 13.8 Å². The summed E-state index contributed by atoms with van der Waals surface area (Å²) in [6.07, 6.45) is 6.78. The molecule has 5 rings (SSSR count). The van der Waals surface area contributed by atoms with Gasteiger partial charge in [-0.1, -0.05) is 32.0 Å². The molecule has 1 atom stereocenters. The zero-order chi connectivity index (χ0) is 19.9. The first kappa shape index (κ1) is 19.4. The van der Waals surface area contributed by atoms with Crippen LogP contribution in [-0.2, 0) is 16.1 Å². The largest absolute Gasteiger partial charge is 0.350 e. The van der Waals surface area contributed by atoms with Crippen molar-refractivity contribution < 1.29 is 14.0 Å². The maximum absolute atomic E-state index is 13.8. The third-order valence-electron chi connectivity index (χ3n) is 7.17. The van der Waals surface area contributed by atoms with Gasteiger partial charge in [0.15, 0.2) is 0 Å². The molecule has 0 heterocycles. The van der Waals surface area contributed by atoms with Gasteiger partial charge in [0.2, 0.25) is 11.8 Å². The molecule has 1 aromatic carbocycles. The Morgan fingerprint density at radius 1 is 1.07 bits per heavy atom. The molecule has 4 aliphatic carbocycles. The van der Waals surface area contributed by atoms with Crippen molar-refractivity contribution in [2.75, 3.05) is 0 Å². The van der Waals surface area contributed by atoms with Crippen molar-refractivity contribution in [3.05, 3.63) is 35.6 Å². The van der Waals surface area contributed by atoms with E-state index in [1.54, 1.807) is 18.2 Å². The molecule has 28 heavy (non-hydrogen) atoms. The summed E-state index contributed by atoms with van der Waals surface area (Å²) in [5.74, 6) is 1.51. The van der Waals surface area contributed by atoms with Crippen molar-refractivity contribution in [2.45, 2.75) is 65.0 Å². The maximum Gasteiger partial charge on any atom is 0.243 e. The molecule has 4 saturated carbocycles. The van der Waals surface area contributed by atoms with Gasteiger partial charge in [-0.15, -0.1) is 0 Å². The zero-order valence-electron chi connectivity index (χ0n) is 16.8. The van der Waals surface area contributed by atoms with E-state index in [0.29, 0.717) is 23.3 Å². The van der Waals surface area contributed by atoms with Gasteiger partial charge in [0.25, 0.3) is 0 Å². The first-order valence-corrected chi connectivity index (χ1v) is 10.7. The molecule has 0 saturated heterocycles. The Kier molecular flexibility index (Phi) is 5.19. The summed E-state index contributed by atoms with van der Waals surface area (Å²) in [6.45, 7) is 4.00. The van der Waals surface area contributed by atoms with Gasteiger partial charge in [-0.05, 0) is 68.3 Å². The van der Waals surface area contributed by atoms with Crippen molar-refractivity contribution in [1.82, 2.24) is 10.6 Å². The Balaban J connectivity index is 1.41. The average Bonchev–Trinajstić information content (AvgIpc) is 2.63. The fraction of sp³-hybridized carbons (Fsp3) is 0.652. The summed E-state index contributed by atoms with van der Waals surface area (Å²) in [4.78, 5) is 26.1.